The van der Waals surface area contributed by atoms with Crippen LogP contribution in [-0.4, -0.2) is 28.6 Å². The van der Waals surface area contributed by atoms with Crippen LogP contribution in [0.15, 0.2) is 29.1 Å². The molecular formula is C15H18N2O. The quantitative estimate of drug-likeness (QED) is 0.692. The van der Waals surface area contributed by atoms with E-state index in [1.165, 1.54) is 31.5 Å². The second kappa shape index (κ2) is 3.82. The monoisotopic (exact) mass is 242 g/mol. The molecule has 0 aromatic carbocycles. The Labute approximate surface area is 107 Å². The van der Waals surface area contributed by atoms with Crippen molar-refractivity contribution >= 4 is 5.57 Å². The minimum Gasteiger partial charge on any atom is -0.308 e. The first-order valence-corrected chi connectivity index (χ1v) is 6.99. The van der Waals surface area contributed by atoms with Crippen LogP contribution in [0.1, 0.15) is 25.0 Å². The van der Waals surface area contributed by atoms with E-state index in [4.69, 9.17) is 0 Å². The molecule has 94 valence electrons. The van der Waals surface area contributed by atoms with Crippen molar-refractivity contribution in [3.05, 3.63) is 40.3 Å². The molecule has 0 radical (unpaired) electrons. The predicted molar refractivity (Wildman–Crippen MR) is 71.4 cm³/mol. The van der Waals surface area contributed by atoms with E-state index in [1.54, 1.807) is 6.07 Å². The number of hydrogen-bond acceptors (Lipinski definition) is 2. The summed E-state index contributed by atoms with van der Waals surface area (Å²) in [6.07, 6.45) is 6.04. The van der Waals surface area contributed by atoms with Gasteiger partial charge in [-0.05, 0) is 43.4 Å². The number of aromatic nitrogens is 1. The molecule has 1 fully saturated rings. The molecule has 0 unspecified atom stereocenters. The van der Waals surface area contributed by atoms with Crippen LogP contribution in [-0.2, 0) is 6.54 Å². The fraction of sp³-hybridized carbons (Fsp3) is 0.533. The Hall–Kier alpha value is -1.35. The van der Waals surface area contributed by atoms with E-state index < -0.39 is 0 Å². The van der Waals surface area contributed by atoms with Gasteiger partial charge >= 0.3 is 0 Å². The van der Waals surface area contributed by atoms with Gasteiger partial charge in [0.25, 0.3) is 5.56 Å². The highest BCUT2D eigenvalue weighted by Gasteiger charge is 2.40. The molecule has 3 heteroatoms. The standard InChI is InChI=1S/C15H18N2O/c18-14-7-1-6-13-12-5-3-9-16-8-2-4-11(15(12)16)10-17(13)14/h1,5-7,11,15H,2-4,8-10H2/t11-,15-/m0/s1. The van der Waals surface area contributed by atoms with Crippen LogP contribution < -0.4 is 5.56 Å². The van der Waals surface area contributed by atoms with Gasteiger partial charge in [0.1, 0.15) is 0 Å². The largest absolute Gasteiger partial charge is 0.308 e. The lowest BCUT2D eigenvalue weighted by Gasteiger charge is -2.48. The summed E-state index contributed by atoms with van der Waals surface area (Å²) in [6, 6.07) is 6.28. The normalized spacial score (nSPS) is 30.3. The lowest BCUT2D eigenvalue weighted by atomic mass is 9.78. The molecule has 0 spiro atoms. The molecule has 0 bridgehead atoms. The summed E-state index contributed by atoms with van der Waals surface area (Å²) in [5, 5.41) is 0. The number of hydrogen-bond donors (Lipinski definition) is 0. The zero-order valence-electron chi connectivity index (χ0n) is 10.5. The van der Waals surface area contributed by atoms with Crippen LogP contribution in [0.2, 0.25) is 0 Å². The van der Waals surface area contributed by atoms with Gasteiger partial charge in [0, 0.05) is 30.9 Å². The second-order valence-corrected chi connectivity index (χ2v) is 5.69. The summed E-state index contributed by atoms with van der Waals surface area (Å²) in [4.78, 5) is 14.7. The van der Waals surface area contributed by atoms with Crippen molar-refractivity contribution in [3.63, 3.8) is 0 Å². The molecule has 3 aliphatic rings. The van der Waals surface area contributed by atoms with E-state index in [2.05, 4.69) is 17.0 Å². The third-order valence-corrected chi connectivity index (χ3v) is 4.72. The minimum atomic E-state index is 0.162. The SMILES string of the molecule is O=c1cccc2n1C[C@@H]1CCCN3CCC=C2[C@H]13. The fourth-order valence-corrected chi connectivity index (χ4v) is 4.00. The Kier molecular flexibility index (Phi) is 2.24. The average Bonchev–Trinajstić information content (AvgIpc) is 2.41. The van der Waals surface area contributed by atoms with Crippen molar-refractivity contribution in [3.8, 4) is 0 Å². The smallest absolute Gasteiger partial charge is 0.250 e. The first-order valence-electron chi connectivity index (χ1n) is 6.99. The number of piperidine rings is 1. The Morgan fingerprint density at radius 1 is 1.22 bits per heavy atom. The molecule has 0 saturated carbocycles. The van der Waals surface area contributed by atoms with Crippen LogP contribution >= 0.6 is 0 Å². The summed E-state index contributed by atoms with van der Waals surface area (Å²) in [7, 11) is 0. The van der Waals surface area contributed by atoms with E-state index >= 15 is 0 Å². The predicted octanol–water partition coefficient (Wildman–Crippen LogP) is 1.73. The third-order valence-electron chi connectivity index (χ3n) is 4.72. The van der Waals surface area contributed by atoms with Crippen LogP contribution in [0.5, 0.6) is 0 Å². The van der Waals surface area contributed by atoms with Gasteiger partial charge in [0.15, 0.2) is 0 Å². The van der Waals surface area contributed by atoms with E-state index in [0.29, 0.717) is 12.0 Å². The van der Waals surface area contributed by atoms with Crippen molar-refractivity contribution in [2.75, 3.05) is 13.1 Å². The maximum atomic E-state index is 12.0. The maximum absolute atomic E-state index is 12.0. The topological polar surface area (TPSA) is 25.2 Å². The zero-order chi connectivity index (χ0) is 12.1. The zero-order valence-corrected chi connectivity index (χ0v) is 10.5. The van der Waals surface area contributed by atoms with Crippen LogP contribution in [0.4, 0.5) is 0 Å². The highest BCUT2D eigenvalue weighted by molar-refractivity contribution is 5.69. The maximum Gasteiger partial charge on any atom is 0.250 e. The molecule has 1 aromatic heterocycles. The van der Waals surface area contributed by atoms with E-state index in [0.717, 1.165) is 18.7 Å². The first kappa shape index (κ1) is 10.6. The van der Waals surface area contributed by atoms with Gasteiger partial charge in [-0.2, -0.15) is 0 Å². The molecule has 18 heavy (non-hydrogen) atoms. The van der Waals surface area contributed by atoms with Crippen LogP contribution in [0, 0.1) is 5.92 Å². The van der Waals surface area contributed by atoms with E-state index in [-0.39, 0.29) is 5.56 Å². The summed E-state index contributed by atoms with van der Waals surface area (Å²) >= 11 is 0. The molecule has 4 heterocycles. The summed E-state index contributed by atoms with van der Waals surface area (Å²) in [6.45, 7) is 3.34. The van der Waals surface area contributed by atoms with Gasteiger partial charge in [-0.25, -0.2) is 0 Å². The Bertz CT molecular complexity index is 572. The molecule has 0 amide bonds. The van der Waals surface area contributed by atoms with Gasteiger partial charge in [-0.1, -0.05) is 12.1 Å². The molecular weight excluding hydrogens is 224 g/mol. The van der Waals surface area contributed by atoms with Gasteiger partial charge < -0.3 is 4.57 Å². The van der Waals surface area contributed by atoms with E-state index in [1.807, 2.05) is 10.6 Å². The van der Waals surface area contributed by atoms with E-state index in [9.17, 15) is 4.79 Å². The number of rotatable bonds is 0. The van der Waals surface area contributed by atoms with Crippen molar-refractivity contribution in [2.45, 2.75) is 31.8 Å². The van der Waals surface area contributed by atoms with Crippen molar-refractivity contribution in [2.24, 2.45) is 5.92 Å². The molecule has 1 saturated heterocycles. The first-order chi connectivity index (χ1) is 8.84. The molecule has 1 aromatic rings. The van der Waals surface area contributed by atoms with Crippen LogP contribution in [0.3, 0.4) is 0 Å². The summed E-state index contributed by atoms with van der Waals surface area (Å²) in [5.74, 6) is 0.637. The highest BCUT2D eigenvalue weighted by Crippen LogP contribution is 2.40. The van der Waals surface area contributed by atoms with Gasteiger partial charge in [-0.3, -0.25) is 9.69 Å². The third kappa shape index (κ3) is 1.37. The molecule has 2 atom stereocenters. The van der Waals surface area contributed by atoms with Gasteiger partial charge in [0.2, 0.25) is 0 Å². The highest BCUT2D eigenvalue weighted by atomic mass is 16.1. The summed E-state index contributed by atoms with van der Waals surface area (Å²) in [5.41, 5.74) is 2.74. The molecule has 4 rings (SSSR count). The average molecular weight is 242 g/mol. The minimum absolute atomic E-state index is 0.162. The number of fused-ring (bicyclic) bond motifs is 2. The van der Waals surface area contributed by atoms with Crippen LogP contribution in [0.25, 0.3) is 5.57 Å². The van der Waals surface area contributed by atoms with Crippen molar-refractivity contribution in [1.82, 2.24) is 9.47 Å². The van der Waals surface area contributed by atoms with Gasteiger partial charge in [0.05, 0.1) is 0 Å². The van der Waals surface area contributed by atoms with Crippen molar-refractivity contribution < 1.29 is 0 Å². The second-order valence-electron chi connectivity index (χ2n) is 5.69. The van der Waals surface area contributed by atoms with Gasteiger partial charge in [-0.15, -0.1) is 0 Å². The Morgan fingerprint density at radius 2 is 2.17 bits per heavy atom. The van der Waals surface area contributed by atoms with Crippen molar-refractivity contribution in [1.29, 1.82) is 0 Å². The Morgan fingerprint density at radius 3 is 3.11 bits per heavy atom. The summed E-state index contributed by atoms with van der Waals surface area (Å²) < 4.78 is 1.99. The number of nitrogens with zero attached hydrogens (tertiary/aromatic N) is 2. The number of pyridine rings is 1. The lowest BCUT2D eigenvalue weighted by molar-refractivity contribution is 0.107. The Balaban J connectivity index is 1.92. The fourth-order valence-electron chi connectivity index (χ4n) is 4.00. The lowest BCUT2D eigenvalue weighted by Crippen LogP contribution is -2.52. The molecule has 3 nitrogen and oxygen atoms in total. The molecule has 3 aliphatic heterocycles. The molecule has 0 aliphatic carbocycles. The molecule has 0 N–H and O–H groups in total.